The molecule has 0 saturated heterocycles. The summed E-state index contributed by atoms with van der Waals surface area (Å²) in [5.74, 6) is -0.150. The minimum Gasteiger partial charge on any atom is -0.383 e. The number of aryl methyl sites for hydroxylation is 1. The number of nitriles is 1. The standard InChI is InChI=1S/C18H21N3O2/c1-14(13-23-2)20-18(22)9-8-15-12-21(11-5-10-19)17-7-4-3-6-16(15)17/h3-4,6-9,12,14H,5,11,13H2,1-2H3,(H,20,22)/b9-8+. The summed E-state index contributed by atoms with van der Waals surface area (Å²) < 4.78 is 7.04. The molecule has 0 saturated carbocycles. The van der Waals surface area contributed by atoms with E-state index < -0.39 is 0 Å². The van der Waals surface area contributed by atoms with Crippen LogP contribution in [0.4, 0.5) is 0 Å². The Kier molecular flexibility index (Phi) is 5.95. The van der Waals surface area contributed by atoms with Gasteiger partial charge < -0.3 is 14.6 Å². The third-order valence-electron chi connectivity index (χ3n) is 3.50. The first-order chi connectivity index (χ1) is 11.2. The van der Waals surface area contributed by atoms with E-state index in [1.165, 1.54) is 6.08 Å². The molecule has 23 heavy (non-hydrogen) atoms. The minimum absolute atomic E-state index is 0.0332. The quantitative estimate of drug-likeness (QED) is 0.799. The van der Waals surface area contributed by atoms with E-state index in [-0.39, 0.29) is 11.9 Å². The number of rotatable bonds is 7. The number of amides is 1. The number of fused-ring (bicyclic) bond motifs is 1. The van der Waals surface area contributed by atoms with Gasteiger partial charge in [0.15, 0.2) is 0 Å². The molecule has 1 heterocycles. The maximum absolute atomic E-state index is 11.9. The van der Waals surface area contributed by atoms with Gasteiger partial charge in [-0.1, -0.05) is 18.2 Å². The summed E-state index contributed by atoms with van der Waals surface area (Å²) in [6.45, 7) is 3.01. The first kappa shape index (κ1) is 16.8. The summed E-state index contributed by atoms with van der Waals surface area (Å²) in [7, 11) is 1.61. The molecule has 0 aliphatic carbocycles. The van der Waals surface area contributed by atoms with Crippen molar-refractivity contribution in [3.8, 4) is 6.07 Å². The Labute approximate surface area is 136 Å². The van der Waals surface area contributed by atoms with E-state index in [1.54, 1.807) is 13.2 Å². The Hall–Kier alpha value is -2.58. The van der Waals surface area contributed by atoms with Crippen molar-refractivity contribution in [2.75, 3.05) is 13.7 Å². The van der Waals surface area contributed by atoms with E-state index in [0.717, 1.165) is 16.5 Å². The molecular formula is C18H21N3O2. The molecular weight excluding hydrogens is 290 g/mol. The molecule has 0 spiro atoms. The number of para-hydroxylation sites is 1. The van der Waals surface area contributed by atoms with Crippen LogP contribution < -0.4 is 5.32 Å². The van der Waals surface area contributed by atoms with Crippen molar-refractivity contribution in [3.05, 3.63) is 42.1 Å². The maximum Gasteiger partial charge on any atom is 0.244 e. The third kappa shape index (κ3) is 4.44. The third-order valence-corrected chi connectivity index (χ3v) is 3.50. The highest BCUT2D eigenvalue weighted by Gasteiger charge is 2.07. The molecule has 2 aromatic rings. The Bertz CT molecular complexity index is 740. The van der Waals surface area contributed by atoms with Gasteiger partial charge in [-0.2, -0.15) is 5.26 Å². The fraction of sp³-hybridized carbons (Fsp3) is 0.333. The number of carbonyl (C=O) groups is 1. The predicted octanol–water partition coefficient (Wildman–Crippen LogP) is 2.72. The van der Waals surface area contributed by atoms with Gasteiger partial charge in [0.1, 0.15) is 0 Å². The molecule has 1 aromatic carbocycles. The van der Waals surface area contributed by atoms with Gasteiger partial charge >= 0.3 is 0 Å². The van der Waals surface area contributed by atoms with Crippen LogP contribution in [0.2, 0.25) is 0 Å². The van der Waals surface area contributed by atoms with Gasteiger partial charge in [0.2, 0.25) is 5.91 Å². The number of nitrogens with one attached hydrogen (secondary N) is 1. The van der Waals surface area contributed by atoms with Gasteiger partial charge in [0.25, 0.3) is 0 Å². The van der Waals surface area contributed by atoms with Gasteiger partial charge in [-0.3, -0.25) is 4.79 Å². The van der Waals surface area contributed by atoms with Crippen LogP contribution >= 0.6 is 0 Å². The van der Waals surface area contributed by atoms with E-state index >= 15 is 0 Å². The summed E-state index contributed by atoms with van der Waals surface area (Å²) >= 11 is 0. The molecule has 0 bridgehead atoms. The van der Waals surface area contributed by atoms with E-state index in [9.17, 15) is 4.79 Å². The highest BCUT2D eigenvalue weighted by atomic mass is 16.5. The van der Waals surface area contributed by atoms with Gasteiger partial charge in [-0.25, -0.2) is 0 Å². The van der Waals surface area contributed by atoms with Crippen molar-refractivity contribution in [3.63, 3.8) is 0 Å². The summed E-state index contributed by atoms with van der Waals surface area (Å²) in [5, 5.41) is 12.7. The molecule has 120 valence electrons. The molecule has 0 fully saturated rings. The van der Waals surface area contributed by atoms with Crippen molar-refractivity contribution in [1.29, 1.82) is 5.26 Å². The second-order valence-electron chi connectivity index (χ2n) is 5.40. The number of benzene rings is 1. The van der Waals surface area contributed by atoms with Crippen molar-refractivity contribution in [2.45, 2.75) is 25.9 Å². The number of hydrogen-bond acceptors (Lipinski definition) is 3. The van der Waals surface area contributed by atoms with Crippen molar-refractivity contribution >= 4 is 22.9 Å². The van der Waals surface area contributed by atoms with Crippen molar-refractivity contribution < 1.29 is 9.53 Å². The Morgan fingerprint density at radius 1 is 1.48 bits per heavy atom. The lowest BCUT2D eigenvalue weighted by Crippen LogP contribution is -2.34. The van der Waals surface area contributed by atoms with E-state index in [1.807, 2.05) is 42.0 Å². The summed E-state index contributed by atoms with van der Waals surface area (Å²) in [5.41, 5.74) is 2.03. The summed E-state index contributed by atoms with van der Waals surface area (Å²) in [4.78, 5) is 11.9. The van der Waals surface area contributed by atoms with E-state index in [0.29, 0.717) is 19.6 Å². The highest BCUT2D eigenvalue weighted by molar-refractivity contribution is 5.96. The van der Waals surface area contributed by atoms with Crippen molar-refractivity contribution in [1.82, 2.24) is 9.88 Å². The second-order valence-corrected chi connectivity index (χ2v) is 5.40. The van der Waals surface area contributed by atoms with Crippen LogP contribution in [0.5, 0.6) is 0 Å². The molecule has 1 unspecified atom stereocenters. The average molecular weight is 311 g/mol. The van der Waals surface area contributed by atoms with Crippen LogP contribution in [0, 0.1) is 11.3 Å². The molecule has 1 N–H and O–H groups in total. The first-order valence-electron chi connectivity index (χ1n) is 7.58. The lowest BCUT2D eigenvalue weighted by molar-refractivity contribution is -0.117. The van der Waals surface area contributed by atoms with E-state index in [2.05, 4.69) is 11.4 Å². The number of ether oxygens (including phenoxy) is 1. The van der Waals surface area contributed by atoms with Crippen LogP contribution in [0.15, 0.2) is 36.5 Å². The normalized spacial score (nSPS) is 12.4. The predicted molar refractivity (Wildman–Crippen MR) is 90.7 cm³/mol. The molecule has 0 aliphatic rings. The largest absolute Gasteiger partial charge is 0.383 e. The number of carbonyl (C=O) groups excluding carboxylic acids is 1. The van der Waals surface area contributed by atoms with Gasteiger partial charge in [0.05, 0.1) is 19.1 Å². The SMILES string of the molecule is COCC(C)NC(=O)/C=C/c1cn(CCC#N)c2ccccc12. The number of aromatic nitrogens is 1. The smallest absolute Gasteiger partial charge is 0.244 e. The van der Waals surface area contributed by atoms with Crippen LogP contribution in [-0.2, 0) is 16.1 Å². The zero-order valence-corrected chi connectivity index (χ0v) is 13.5. The molecule has 5 heteroatoms. The Morgan fingerprint density at radius 3 is 3.00 bits per heavy atom. The molecule has 1 atom stereocenters. The number of hydrogen-bond donors (Lipinski definition) is 1. The zero-order valence-electron chi connectivity index (χ0n) is 13.5. The van der Waals surface area contributed by atoms with Gasteiger partial charge in [0, 0.05) is 48.4 Å². The Balaban J connectivity index is 2.18. The average Bonchev–Trinajstić information content (AvgIpc) is 2.89. The molecule has 0 aliphatic heterocycles. The maximum atomic E-state index is 11.9. The lowest BCUT2D eigenvalue weighted by Gasteiger charge is -2.10. The van der Waals surface area contributed by atoms with E-state index in [4.69, 9.17) is 10.00 Å². The van der Waals surface area contributed by atoms with Crippen LogP contribution in [-0.4, -0.2) is 30.2 Å². The lowest BCUT2D eigenvalue weighted by atomic mass is 10.1. The monoisotopic (exact) mass is 311 g/mol. The minimum atomic E-state index is -0.150. The van der Waals surface area contributed by atoms with Crippen LogP contribution in [0.3, 0.4) is 0 Å². The van der Waals surface area contributed by atoms with Gasteiger partial charge in [-0.05, 0) is 19.1 Å². The topological polar surface area (TPSA) is 67.0 Å². The van der Waals surface area contributed by atoms with Crippen LogP contribution in [0.25, 0.3) is 17.0 Å². The zero-order chi connectivity index (χ0) is 16.7. The summed E-state index contributed by atoms with van der Waals surface area (Å²) in [6, 6.07) is 10.1. The number of methoxy groups -OCH3 is 1. The fourth-order valence-electron chi connectivity index (χ4n) is 2.51. The van der Waals surface area contributed by atoms with Crippen LogP contribution in [0.1, 0.15) is 18.9 Å². The Morgan fingerprint density at radius 2 is 2.26 bits per heavy atom. The molecule has 1 aromatic heterocycles. The molecule has 0 radical (unpaired) electrons. The fourth-order valence-corrected chi connectivity index (χ4v) is 2.51. The summed E-state index contributed by atoms with van der Waals surface area (Å²) in [6.07, 6.45) is 5.77. The molecule has 2 rings (SSSR count). The van der Waals surface area contributed by atoms with Crippen molar-refractivity contribution in [2.24, 2.45) is 0 Å². The second kappa shape index (κ2) is 8.16. The van der Waals surface area contributed by atoms with Gasteiger partial charge in [-0.15, -0.1) is 0 Å². The number of nitrogens with zero attached hydrogens (tertiary/aromatic N) is 2. The first-order valence-corrected chi connectivity index (χ1v) is 7.58. The molecule has 1 amide bonds. The molecule has 5 nitrogen and oxygen atoms in total. The highest BCUT2D eigenvalue weighted by Crippen LogP contribution is 2.22.